The number of halogens is 1. The summed E-state index contributed by atoms with van der Waals surface area (Å²) in [5.41, 5.74) is -0.646. The number of esters is 1. The van der Waals surface area contributed by atoms with E-state index >= 15 is 0 Å². The van der Waals surface area contributed by atoms with Crippen LogP contribution in [0.25, 0.3) is 0 Å². The zero-order valence-corrected chi connectivity index (χ0v) is 13.3. The second-order valence-electron chi connectivity index (χ2n) is 4.24. The topological polar surface area (TPSA) is 61.8 Å². The van der Waals surface area contributed by atoms with Crippen molar-refractivity contribution in [2.24, 2.45) is 0 Å². The quantitative estimate of drug-likeness (QED) is 0.424. The molecule has 0 aromatic carbocycles. The van der Waals surface area contributed by atoms with Crippen molar-refractivity contribution < 1.29 is 23.1 Å². The Morgan fingerprint density at radius 1 is 1.24 bits per heavy atom. The Balaban J connectivity index is 4.78. The van der Waals surface area contributed by atoms with Gasteiger partial charge in [0, 0.05) is 0 Å². The van der Waals surface area contributed by atoms with Gasteiger partial charge in [-0.2, -0.15) is 0 Å². The van der Waals surface area contributed by atoms with Gasteiger partial charge >= 0.3 is 13.6 Å². The Morgan fingerprint density at radius 2 is 1.65 bits per heavy atom. The molecule has 0 saturated carbocycles. The van der Waals surface area contributed by atoms with Crippen LogP contribution in [0.15, 0.2) is 0 Å². The number of hydrogen-bond acceptors (Lipinski definition) is 5. The first-order chi connectivity index (χ1) is 7.66. The fraction of sp³-hybridized carbons (Fsp3) is 0.900. The van der Waals surface area contributed by atoms with E-state index in [0.717, 1.165) is 0 Å². The molecule has 0 rings (SSSR count). The smallest absolute Gasteiger partial charge is 0.355 e. The van der Waals surface area contributed by atoms with Gasteiger partial charge in [-0.05, 0) is 34.6 Å². The highest BCUT2D eigenvalue weighted by atomic mass is 79.9. The van der Waals surface area contributed by atoms with E-state index in [1.165, 1.54) is 0 Å². The summed E-state index contributed by atoms with van der Waals surface area (Å²) in [5.74, 6) is -0.650. The lowest BCUT2D eigenvalue weighted by Gasteiger charge is -2.25. The highest BCUT2D eigenvalue weighted by Crippen LogP contribution is 2.56. The van der Waals surface area contributed by atoms with Gasteiger partial charge in [-0.15, -0.1) is 0 Å². The summed E-state index contributed by atoms with van der Waals surface area (Å²) in [4.78, 5) is 11.8. The number of carbonyl (C=O) groups excluding carboxylic acids is 1. The van der Waals surface area contributed by atoms with Crippen LogP contribution >= 0.6 is 23.5 Å². The minimum Gasteiger partial charge on any atom is -0.459 e. The van der Waals surface area contributed by atoms with Crippen molar-refractivity contribution in [2.75, 3.05) is 13.2 Å². The molecule has 0 aromatic rings. The van der Waals surface area contributed by atoms with Gasteiger partial charge < -0.3 is 13.8 Å². The standard InChI is InChI=1S/C10H20BrO5P/c1-6-14-17(13,15-7-2)8(11)9(12)16-10(3,4)5/h8H,6-7H2,1-5H3/t8-/m1/s1. The molecule has 0 unspecified atom stereocenters. The van der Waals surface area contributed by atoms with Crippen molar-refractivity contribution in [1.29, 1.82) is 0 Å². The first kappa shape index (κ1) is 17.1. The van der Waals surface area contributed by atoms with Gasteiger partial charge in [0.1, 0.15) is 5.60 Å². The third kappa shape index (κ3) is 6.00. The maximum atomic E-state index is 12.2. The lowest BCUT2D eigenvalue weighted by atomic mass is 10.2. The summed E-state index contributed by atoms with van der Waals surface area (Å²) in [5, 5.41) is 0. The van der Waals surface area contributed by atoms with Crippen molar-refractivity contribution in [3.8, 4) is 0 Å². The molecule has 0 fully saturated rings. The molecule has 0 radical (unpaired) electrons. The van der Waals surface area contributed by atoms with Crippen molar-refractivity contribution in [3.05, 3.63) is 0 Å². The average molecular weight is 331 g/mol. The zero-order chi connectivity index (χ0) is 13.7. The Labute approximate surface area is 111 Å². The monoisotopic (exact) mass is 330 g/mol. The fourth-order valence-electron chi connectivity index (χ4n) is 1.01. The van der Waals surface area contributed by atoms with Gasteiger partial charge in [0.05, 0.1) is 13.2 Å². The molecule has 1 atom stereocenters. The molecule has 5 nitrogen and oxygen atoms in total. The van der Waals surface area contributed by atoms with Crippen LogP contribution in [0.2, 0.25) is 0 Å². The van der Waals surface area contributed by atoms with E-state index in [1.54, 1.807) is 34.6 Å². The SMILES string of the molecule is CCOP(=O)(OCC)[C@@H](Br)C(=O)OC(C)(C)C. The number of hydrogen-bond donors (Lipinski definition) is 0. The number of alkyl halides is 1. The average Bonchev–Trinajstić information content (AvgIpc) is 2.14. The van der Waals surface area contributed by atoms with E-state index in [-0.39, 0.29) is 13.2 Å². The van der Waals surface area contributed by atoms with Gasteiger partial charge in [-0.1, -0.05) is 15.9 Å². The molecule has 0 heterocycles. The first-order valence-electron chi connectivity index (χ1n) is 5.42. The number of rotatable bonds is 6. The lowest BCUT2D eigenvalue weighted by Crippen LogP contribution is -2.29. The van der Waals surface area contributed by atoms with Gasteiger partial charge in [0.2, 0.25) is 4.57 Å². The van der Waals surface area contributed by atoms with Crippen LogP contribution in [0.1, 0.15) is 34.6 Å². The summed E-state index contributed by atoms with van der Waals surface area (Å²) < 4.78 is 26.4. The second kappa shape index (κ2) is 6.88. The fourth-order valence-corrected chi connectivity index (χ4v) is 3.18. The second-order valence-corrected chi connectivity index (χ2v) is 7.98. The largest absolute Gasteiger partial charge is 0.459 e. The Hall–Kier alpha value is 0.100. The van der Waals surface area contributed by atoms with Crippen molar-refractivity contribution in [1.82, 2.24) is 0 Å². The van der Waals surface area contributed by atoms with Crippen molar-refractivity contribution in [3.63, 3.8) is 0 Å². The van der Waals surface area contributed by atoms with Crippen molar-refractivity contribution in [2.45, 2.75) is 44.8 Å². The minimum atomic E-state index is -3.51. The molecule has 0 spiro atoms. The Morgan fingerprint density at radius 3 is 1.94 bits per heavy atom. The van der Waals surface area contributed by atoms with E-state index in [2.05, 4.69) is 15.9 Å². The number of carbonyl (C=O) groups is 1. The van der Waals surface area contributed by atoms with Crippen LogP contribution in [-0.2, 0) is 23.1 Å². The molecule has 0 aliphatic rings. The molecule has 0 saturated heterocycles. The maximum Gasteiger partial charge on any atom is 0.355 e. The highest BCUT2D eigenvalue weighted by molar-refractivity contribution is 9.11. The highest BCUT2D eigenvalue weighted by Gasteiger charge is 2.41. The molecule has 0 N–H and O–H groups in total. The lowest BCUT2D eigenvalue weighted by molar-refractivity contribution is -0.152. The molecule has 0 aliphatic carbocycles. The summed E-state index contributed by atoms with van der Waals surface area (Å²) >= 11 is 3.03. The summed E-state index contributed by atoms with van der Waals surface area (Å²) in [7, 11) is -3.51. The summed E-state index contributed by atoms with van der Waals surface area (Å²) in [6, 6.07) is 0. The van der Waals surface area contributed by atoms with E-state index in [9.17, 15) is 9.36 Å². The molecule has 0 amide bonds. The van der Waals surface area contributed by atoms with Crippen LogP contribution in [0.5, 0.6) is 0 Å². The number of ether oxygens (including phenoxy) is 1. The van der Waals surface area contributed by atoms with E-state index in [0.29, 0.717) is 0 Å². The summed E-state index contributed by atoms with van der Waals surface area (Å²) in [6.45, 7) is 8.95. The van der Waals surface area contributed by atoms with Gasteiger partial charge in [-0.3, -0.25) is 9.36 Å². The third-order valence-electron chi connectivity index (χ3n) is 1.50. The van der Waals surface area contributed by atoms with E-state index < -0.39 is 23.7 Å². The predicted octanol–water partition coefficient (Wildman–Crippen LogP) is 3.32. The molecular formula is C10H20BrO5P. The maximum absolute atomic E-state index is 12.2. The zero-order valence-electron chi connectivity index (χ0n) is 10.9. The molecule has 0 aromatic heterocycles. The van der Waals surface area contributed by atoms with Gasteiger partial charge in [-0.25, -0.2) is 0 Å². The van der Waals surface area contributed by atoms with Crippen molar-refractivity contribution >= 4 is 29.5 Å². The molecule has 0 aliphatic heterocycles. The van der Waals surface area contributed by atoms with Gasteiger partial charge in [0.15, 0.2) is 0 Å². The Bertz CT molecular complexity index is 290. The molecule has 7 heteroatoms. The minimum absolute atomic E-state index is 0.197. The van der Waals surface area contributed by atoms with Gasteiger partial charge in [0.25, 0.3) is 0 Å². The van der Waals surface area contributed by atoms with Crippen LogP contribution in [-0.4, -0.2) is 29.4 Å². The van der Waals surface area contributed by atoms with Crippen LogP contribution in [0, 0.1) is 0 Å². The summed E-state index contributed by atoms with van der Waals surface area (Å²) in [6.07, 6.45) is 0. The normalized spacial score (nSPS) is 14.5. The van der Waals surface area contributed by atoms with Crippen LogP contribution in [0.4, 0.5) is 0 Å². The molecule has 17 heavy (non-hydrogen) atoms. The molecular weight excluding hydrogens is 311 g/mol. The predicted molar refractivity (Wildman–Crippen MR) is 69.4 cm³/mol. The molecule has 102 valence electrons. The first-order valence-corrected chi connectivity index (χ1v) is 7.94. The van der Waals surface area contributed by atoms with E-state index in [4.69, 9.17) is 13.8 Å². The van der Waals surface area contributed by atoms with Crippen LogP contribution < -0.4 is 0 Å². The van der Waals surface area contributed by atoms with Crippen LogP contribution in [0.3, 0.4) is 0 Å². The third-order valence-corrected chi connectivity index (χ3v) is 5.38. The molecule has 0 bridgehead atoms. The van der Waals surface area contributed by atoms with E-state index in [1.807, 2.05) is 0 Å². The Kier molecular flexibility index (Phi) is 6.92.